The molecule has 3 N–H and O–H groups in total. The van der Waals surface area contributed by atoms with Crippen molar-refractivity contribution in [1.29, 1.82) is 0 Å². The van der Waals surface area contributed by atoms with Crippen LogP contribution in [0.3, 0.4) is 0 Å². The predicted octanol–water partition coefficient (Wildman–Crippen LogP) is 4.93. The van der Waals surface area contributed by atoms with Crippen LogP contribution >= 0.6 is 0 Å². The maximum absolute atomic E-state index is 13.3. The molecule has 0 aliphatic rings. The van der Waals surface area contributed by atoms with Crippen LogP contribution in [-0.2, 0) is 14.8 Å². The van der Waals surface area contributed by atoms with Gasteiger partial charge in [0.2, 0.25) is 5.91 Å². The molecule has 0 atom stereocenters. The van der Waals surface area contributed by atoms with E-state index in [0.717, 1.165) is 0 Å². The molecule has 0 unspecified atom stereocenters. The van der Waals surface area contributed by atoms with Crippen molar-refractivity contribution < 1.29 is 22.7 Å². The molecule has 0 spiro atoms. The first-order chi connectivity index (χ1) is 17.8. The summed E-state index contributed by atoms with van der Waals surface area (Å²) in [6, 6.07) is 18.3. The van der Waals surface area contributed by atoms with Gasteiger partial charge in [0.05, 0.1) is 30.1 Å². The van der Waals surface area contributed by atoms with Gasteiger partial charge in [0, 0.05) is 36.0 Å². The number of carbonyl (C=O) groups excluding carboxylic acids is 1. The summed E-state index contributed by atoms with van der Waals surface area (Å²) in [6.07, 6.45) is 1.02. The third-order valence-corrected chi connectivity index (χ3v) is 6.66. The minimum absolute atomic E-state index is 0.000841. The zero-order valence-corrected chi connectivity index (χ0v) is 21.4. The van der Waals surface area contributed by atoms with Gasteiger partial charge < -0.3 is 20.1 Å². The van der Waals surface area contributed by atoms with E-state index in [1.165, 1.54) is 26.4 Å². The van der Waals surface area contributed by atoms with Gasteiger partial charge in [-0.1, -0.05) is 25.1 Å². The average Bonchev–Trinajstić information content (AvgIpc) is 2.89. The van der Waals surface area contributed by atoms with Crippen molar-refractivity contribution in [2.75, 3.05) is 29.6 Å². The number of ether oxygens (including phenoxy) is 2. The number of hydrogen-bond acceptors (Lipinski definition) is 8. The molecule has 0 aliphatic heterocycles. The molecule has 0 fully saturated rings. The predicted molar refractivity (Wildman–Crippen MR) is 143 cm³/mol. The zero-order valence-electron chi connectivity index (χ0n) is 20.6. The molecule has 0 aliphatic carbocycles. The Morgan fingerprint density at radius 2 is 1.49 bits per heavy atom. The fourth-order valence-electron chi connectivity index (χ4n) is 3.55. The van der Waals surface area contributed by atoms with Gasteiger partial charge in [-0.05, 0) is 36.8 Å². The highest BCUT2D eigenvalue weighted by atomic mass is 32.2. The van der Waals surface area contributed by atoms with E-state index in [1.807, 2.05) is 13.0 Å². The van der Waals surface area contributed by atoms with E-state index in [1.54, 1.807) is 48.5 Å². The molecule has 0 saturated carbocycles. The van der Waals surface area contributed by atoms with Crippen molar-refractivity contribution in [2.45, 2.75) is 24.7 Å². The first-order valence-electron chi connectivity index (χ1n) is 11.5. The van der Waals surface area contributed by atoms with Crippen LogP contribution in [0.2, 0.25) is 0 Å². The molecule has 1 amide bonds. The first-order valence-corrected chi connectivity index (χ1v) is 13.0. The summed E-state index contributed by atoms with van der Waals surface area (Å²) in [7, 11) is -1.02. The summed E-state index contributed by atoms with van der Waals surface area (Å²) in [5.74, 6) is 1.08. The normalized spacial score (nSPS) is 11.1. The second-order valence-electron chi connectivity index (χ2n) is 8.07. The molecule has 4 aromatic rings. The highest BCUT2D eigenvalue weighted by Crippen LogP contribution is 2.31. The van der Waals surface area contributed by atoms with E-state index in [-0.39, 0.29) is 22.4 Å². The lowest BCUT2D eigenvalue weighted by Gasteiger charge is -2.15. The lowest BCUT2D eigenvalue weighted by molar-refractivity contribution is -0.116. The van der Waals surface area contributed by atoms with Gasteiger partial charge in [-0.25, -0.2) is 18.4 Å². The van der Waals surface area contributed by atoms with Gasteiger partial charge in [-0.3, -0.25) is 9.52 Å². The quantitative estimate of drug-likeness (QED) is 0.268. The van der Waals surface area contributed by atoms with Crippen molar-refractivity contribution in [1.82, 2.24) is 9.97 Å². The van der Waals surface area contributed by atoms with Crippen molar-refractivity contribution >= 4 is 50.0 Å². The number of anilines is 4. The number of fused-ring (bicyclic) bond motifs is 1. The molecule has 4 rings (SSSR count). The van der Waals surface area contributed by atoms with Crippen LogP contribution in [0.4, 0.5) is 23.0 Å². The van der Waals surface area contributed by atoms with Crippen molar-refractivity contribution in [3.63, 3.8) is 0 Å². The fraction of sp³-hybridized carbons (Fsp3) is 0.192. The summed E-state index contributed by atoms with van der Waals surface area (Å²) in [5.41, 5.74) is 2.02. The molecule has 1 heterocycles. The monoisotopic (exact) mass is 521 g/mol. The number of sulfonamides is 1. The van der Waals surface area contributed by atoms with Gasteiger partial charge in [-0.2, -0.15) is 0 Å². The number of rotatable bonds is 10. The largest absolute Gasteiger partial charge is 0.497 e. The van der Waals surface area contributed by atoms with Crippen LogP contribution < -0.4 is 24.8 Å². The maximum atomic E-state index is 13.3. The highest BCUT2D eigenvalue weighted by Gasteiger charge is 2.20. The number of carbonyl (C=O) groups is 1. The molecule has 3 aromatic carbocycles. The van der Waals surface area contributed by atoms with Crippen LogP contribution in [0, 0.1) is 0 Å². The molecule has 37 heavy (non-hydrogen) atoms. The van der Waals surface area contributed by atoms with E-state index in [0.29, 0.717) is 46.7 Å². The molecule has 0 radical (unpaired) electrons. The Kier molecular flexibility index (Phi) is 7.73. The summed E-state index contributed by atoms with van der Waals surface area (Å²) in [5, 5.41) is 5.84. The van der Waals surface area contributed by atoms with Crippen LogP contribution in [-0.4, -0.2) is 38.5 Å². The molecular formula is C26H27N5O5S. The first kappa shape index (κ1) is 25.7. The Balaban J connectivity index is 1.71. The minimum Gasteiger partial charge on any atom is -0.497 e. The Labute approximate surface area is 215 Å². The standard InChI is InChI=1S/C26H27N5O5S/c1-4-8-24(32)27-17-9-7-10-21(15-17)37(33,34)31-26-25(29-22-11-5-6-12-23(22)30-26)28-18-13-19(35-2)16-20(14-18)36-3/h5-7,9-16H,4,8H2,1-3H3,(H,27,32)(H,28,29)(H,30,31). The molecular weight excluding hydrogens is 494 g/mol. The topological polar surface area (TPSA) is 132 Å². The minimum atomic E-state index is -4.09. The van der Waals surface area contributed by atoms with Crippen molar-refractivity contribution in [2.24, 2.45) is 0 Å². The Hall–Kier alpha value is -4.38. The Morgan fingerprint density at radius 3 is 2.11 bits per heavy atom. The number of aromatic nitrogens is 2. The second kappa shape index (κ2) is 11.1. The molecule has 0 bridgehead atoms. The molecule has 192 valence electrons. The Morgan fingerprint density at radius 1 is 0.838 bits per heavy atom. The van der Waals surface area contributed by atoms with Crippen LogP contribution in [0.5, 0.6) is 11.5 Å². The van der Waals surface area contributed by atoms with Crippen molar-refractivity contribution in [3.05, 3.63) is 66.7 Å². The number of hydrogen-bond donors (Lipinski definition) is 3. The SMILES string of the molecule is CCCC(=O)Nc1cccc(S(=O)(=O)Nc2nc3ccccc3nc2Nc2cc(OC)cc(OC)c2)c1. The van der Waals surface area contributed by atoms with Gasteiger partial charge in [0.15, 0.2) is 11.6 Å². The van der Waals surface area contributed by atoms with E-state index >= 15 is 0 Å². The number of nitrogens with zero attached hydrogens (tertiary/aromatic N) is 2. The molecule has 0 saturated heterocycles. The number of para-hydroxylation sites is 2. The zero-order chi connectivity index (χ0) is 26.4. The van der Waals surface area contributed by atoms with Crippen LogP contribution in [0.1, 0.15) is 19.8 Å². The lowest BCUT2D eigenvalue weighted by atomic mass is 10.2. The van der Waals surface area contributed by atoms with Gasteiger partial charge in [0.25, 0.3) is 10.0 Å². The van der Waals surface area contributed by atoms with Crippen molar-refractivity contribution in [3.8, 4) is 11.5 Å². The van der Waals surface area contributed by atoms with E-state index in [2.05, 4.69) is 25.3 Å². The van der Waals surface area contributed by atoms with Gasteiger partial charge in [0.1, 0.15) is 11.5 Å². The third kappa shape index (κ3) is 6.25. The van der Waals surface area contributed by atoms with Crippen LogP contribution in [0.25, 0.3) is 11.0 Å². The van der Waals surface area contributed by atoms with Crippen LogP contribution in [0.15, 0.2) is 71.6 Å². The van der Waals surface area contributed by atoms with Gasteiger partial charge in [-0.15, -0.1) is 0 Å². The number of amides is 1. The van der Waals surface area contributed by atoms with E-state index in [9.17, 15) is 13.2 Å². The number of nitrogens with one attached hydrogen (secondary N) is 3. The summed E-state index contributed by atoms with van der Waals surface area (Å²) < 4.78 is 39.9. The lowest BCUT2D eigenvalue weighted by Crippen LogP contribution is -2.17. The summed E-state index contributed by atoms with van der Waals surface area (Å²) >= 11 is 0. The maximum Gasteiger partial charge on any atom is 0.263 e. The molecule has 1 aromatic heterocycles. The molecule has 10 nitrogen and oxygen atoms in total. The Bertz CT molecular complexity index is 1520. The average molecular weight is 522 g/mol. The molecule has 11 heteroatoms. The summed E-state index contributed by atoms with van der Waals surface area (Å²) in [6.45, 7) is 1.89. The summed E-state index contributed by atoms with van der Waals surface area (Å²) in [4.78, 5) is 21.1. The highest BCUT2D eigenvalue weighted by molar-refractivity contribution is 7.92. The third-order valence-electron chi connectivity index (χ3n) is 5.32. The second-order valence-corrected chi connectivity index (χ2v) is 9.75. The number of benzene rings is 3. The van der Waals surface area contributed by atoms with Gasteiger partial charge >= 0.3 is 0 Å². The smallest absolute Gasteiger partial charge is 0.263 e. The fourth-order valence-corrected chi connectivity index (χ4v) is 4.61. The number of methoxy groups -OCH3 is 2. The van der Waals surface area contributed by atoms with E-state index < -0.39 is 10.0 Å². The van der Waals surface area contributed by atoms with E-state index in [4.69, 9.17) is 9.47 Å².